The minimum atomic E-state index is -0.367. The van der Waals surface area contributed by atoms with E-state index >= 15 is 0 Å². The van der Waals surface area contributed by atoms with Gasteiger partial charge in [0.1, 0.15) is 0 Å². The largest absolute Gasteiger partial charge is 0.439 e. The van der Waals surface area contributed by atoms with Crippen LogP contribution in [0.4, 0.5) is 0 Å². The molecule has 1 N–H and O–H groups in total. The monoisotopic (exact) mass is 240 g/mol. The Labute approximate surface area is 105 Å². The Morgan fingerprint density at radius 1 is 1.22 bits per heavy atom. The lowest BCUT2D eigenvalue weighted by Crippen LogP contribution is -2.20. The number of nitrogens with zero attached hydrogens (tertiary/aromatic N) is 1. The third-order valence-corrected chi connectivity index (χ3v) is 2.90. The van der Waals surface area contributed by atoms with E-state index in [2.05, 4.69) is 10.3 Å². The molecule has 4 heteroatoms. The van der Waals surface area contributed by atoms with E-state index in [0.717, 1.165) is 11.1 Å². The number of aromatic nitrogens is 1. The number of carbonyl (C=O) groups is 1. The molecule has 90 valence electrons. The van der Waals surface area contributed by atoms with E-state index in [4.69, 9.17) is 4.74 Å². The smallest absolute Gasteiger partial charge is 0.340 e. The van der Waals surface area contributed by atoms with Gasteiger partial charge in [-0.3, -0.25) is 10.3 Å². The normalized spacial score (nSPS) is 17.3. The van der Waals surface area contributed by atoms with Crippen LogP contribution in [-0.2, 0) is 11.3 Å². The molecule has 0 fully saturated rings. The molecular formula is C14H12N2O2. The molecule has 0 bridgehead atoms. The number of carbonyl (C=O) groups excluding carboxylic acids is 1. The van der Waals surface area contributed by atoms with E-state index in [1.54, 1.807) is 18.5 Å². The highest BCUT2D eigenvalue weighted by Crippen LogP contribution is 2.28. The highest BCUT2D eigenvalue weighted by atomic mass is 16.6. The number of fused-ring (bicyclic) bond motifs is 1. The first-order chi connectivity index (χ1) is 8.84. The van der Waals surface area contributed by atoms with Crippen LogP contribution in [0, 0.1) is 0 Å². The Morgan fingerprint density at radius 2 is 2.11 bits per heavy atom. The van der Waals surface area contributed by atoms with Gasteiger partial charge in [-0.15, -0.1) is 0 Å². The van der Waals surface area contributed by atoms with Gasteiger partial charge in [0.25, 0.3) is 0 Å². The fourth-order valence-electron chi connectivity index (χ4n) is 2.01. The molecule has 0 radical (unpaired) electrons. The van der Waals surface area contributed by atoms with Gasteiger partial charge in [0.2, 0.25) is 0 Å². The van der Waals surface area contributed by atoms with Crippen molar-refractivity contribution < 1.29 is 9.53 Å². The SMILES string of the molecule is O=C1OC(NCc2cccnc2)c2ccccc21. The number of nitrogens with one attached hydrogen (secondary N) is 1. The summed E-state index contributed by atoms with van der Waals surface area (Å²) in [7, 11) is 0. The molecule has 3 rings (SSSR count). The fourth-order valence-corrected chi connectivity index (χ4v) is 2.01. The number of benzene rings is 1. The predicted molar refractivity (Wildman–Crippen MR) is 65.7 cm³/mol. The van der Waals surface area contributed by atoms with Crippen molar-refractivity contribution in [2.24, 2.45) is 0 Å². The van der Waals surface area contributed by atoms with Crippen molar-refractivity contribution in [2.75, 3.05) is 0 Å². The van der Waals surface area contributed by atoms with Gasteiger partial charge in [0.05, 0.1) is 5.56 Å². The second-order valence-corrected chi connectivity index (χ2v) is 4.11. The Balaban J connectivity index is 1.74. The molecule has 1 aromatic heterocycles. The van der Waals surface area contributed by atoms with Crippen LogP contribution >= 0.6 is 0 Å². The third-order valence-electron chi connectivity index (χ3n) is 2.90. The maximum atomic E-state index is 11.6. The van der Waals surface area contributed by atoms with Crippen molar-refractivity contribution in [1.82, 2.24) is 10.3 Å². The Kier molecular flexibility index (Phi) is 2.78. The standard InChI is InChI=1S/C14H12N2O2/c17-14-12-6-2-1-5-11(12)13(18-14)16-9-10-4-3-7-15-8-10/h1-8,13,16H,9H2. The first-order valence-electron chi connectivity index (χ1n) is 5.77. The molecule has 0 spiro atoms. The van der Waals surface area contributed by atoms with Crippen molar-refractivity contribution in [3.8, 4) is 0 Å². The summed E-state index contributed by atoms with van der Waals surface area (Å²) in [5.41, 5.74) is 2.59. The molecule has 1 unspecified atom stereocenters. The van der Waals surface area contributed by atoms with Crippen LogP contribution in [0.1, 0.15) is 27.7 Å². The molecule has 0 saturated carbocycles. The summed E-state index contributed by atoms with van der Waals surface area (Å²) in [6.45, 7) is 0.611. The maximum Gasteiger partial charge on any atom is 0.340 e. The molecular weight excluding hydrogens is 228 g/mol. The third kappa shape index (κ3) is 1.98. The zero-order valence-electron chi connectivity index (χ0n) is 9.67. The number of cyclic esters (lactones) is 1. The minimum absolute atomic E-state index is 0.269. The quantitative estimate of drug-likeness (QED) is 0.834. The molecule has 4 nitrogen and oxygen atoms in total. The van der Waals surface area contributed by atoms with Gasteiger partial charge in [-0.25, -0.2) is 4.79 Å². The maximum absolute atomic E-state index is 11.6. The van der Waals surface area contributed by atoms with Gasteiger partial charge >= 0.3 is 5.97 Å². The molecule has 2 aromatic rings. The molecule has 1 atom stereocenters. The molecule has 0 aliphatic carbocycles. The van der Waals surface area contributed by atoms with Crippen LogP contribution in [0.25, 0.3) is 0 Å². The van der Waals surface area contributed by atoms with Crippen molar-refractivity contribution >= 4 is 5.97 Å². The van der Waals surface area contributed by atoms with Crippen LogP contribution in [0.3, 0.4) is 0 Å². The van der Waals surface area contributed by atoms with Gasteiger partial charge in [-0.1, -0.05) is 24.3 Å². The van der Waals surface area contributed by atoms with E-state index < -0.39 is 0 Å². The van der Waals surface area contributed by atoms with Gasteiger partial charge < -0.3 is 4.74 Å². The van der Waals surface area contributed by atoms with Crippen molar-refractivity contribution in [1.29, 1.82) is 0 Å². The van der Waals surface area contributed by atoms with E-state index in [1.807, 2.05) is 30.3 Å². The lowest BCUT2D eigenvalue weighted by molar-refractivity contribution is 0.0303. The van der Waals surface area contributed by atoms with E-state index in [0.29, 0.717) is 12.1 Å². The van der Waals surface area contributed by atoms with Crippen molar-refractivity contribution in [2.45, 2.75) is 12.8 Å². The summed E-state index contributed by atoms with van der Waals surface area (Å²) in [4.78, 5) is 15.7. The molecule has 18 heavy (non-hydrogen) atoms. The first-order valence-corrected chi connectivity index (χ1v) is 5.77. The number of ether oxygens (including phenoxy) is 1. The summed E-state index contributed by atoms with van der Waals surface area (Å²) >= 11 is 0. The zero-order valence-corrected chi connectivity index (χ0v) is 9.67. The average Bonchev–Trinajstić information content (AvgIpc) is 2.75. The van der Waals surface area contributed by atoms with E-state index in [1.165, 1.54) is 0 Å². The highest BCUT2D eigenvalue weighted by molar-refractivity contribution is 5.93. The van der Waals surface area contributed by atoms with Gasteiger partial charge in [-0.2, -0.15) is 0 Å². The number of hydrogen-bond donors (Lipinski definition) is 1. The summed E-state index contributed by atoms with van der Waals surface area (Å²) in [5.74, 6) is -0.269. The van der Waals surface area contributed by atoms with E-state index in [-0.39, 0.29) is 12.2 Å². The lowest BCUT2D eigenvalue weighted by Gasteiger charge is -2.12. The topological polar surface area (TPSA) is 51.2 Å². The summed E-state index contributed by atoms with van der Waals surface area (Å²) < 4.78 is 5.28. The Bertz CT molecular complexity index is 569. The summed E-state index contributed by atoms with van der Waals surface area (Å²) in [6.07, 6.45) is 3.15. The molecule has 1 aromatic carbocycles. The minimum Gasteiger partial charge on any atom is -0.439 e. The van der Waals surface area contributed by atoms with Gasteiger partial charge in [0, 0.05) is 24.5 Å². The fraction of sp³-hybridized carbons (Fsp3) is 0.143. The van der Waals surface area contributed by atoms with Crippen molar-refractivity contribution in [3.63, 3.8) is 0 Å². The van der Waals surface area contributed by atoms with Crippen LogP contribution in [-0.4, -0.2) is 11.0 Å². The molecule has 1 aliphatic heterocycles. The Morgan fingerprint density at radius 3 is 2.94 bits per heavy atom. The molecule has 1 aliphatic rings. The molecule has 0 saturated heterocycles. The van der Waals surface area contributed by atoms with Gasteiger partial charge in [0.15, 0.2) is 6.23 Å². The number of pyridine rings is 1. The van der Waals surface area contributed by atoms with Crippen LogP contribution < -0.4 is 5.32 Å². The zero-order chi connectivity index (χ0) is 12.4. The molecule has 2 heterocycles. The number of rotatable bonds is 3. The van der Waals surface area contributed by atoms with Crippen LogP contribution in [0.15, 0.2) is 48.8 Å². The van der Waals surface area contributed by atoms with Crippen molar-refractivity contribution in [3.05, 3.63) is 65.5 Å². The van der Waals surface area contributed by atoms with E-state index in [9.17, 15) is 4.79 Å². The number of esters is 1. The summed E-state index contributed by atoms with van der Waals surface area (Å²) in [5, 5.41) is 3.20. The summed E-state index contributed by atoms with van der Waals surface area (Å²) in [6, 6.07) is 11.3. The van der Waals surface area contributed by atoms with Crippen LogP contribution in [0.2, 0.25) is 0 Å². The number of hydrogen-bond acceptors (Lipinski definition) is 4. The Hall–Kier alpha value is -2.20. The average molecular weight is 240 g/mol. The first kappa shape index (κ1) is 10.9. The van der Waals surface area contributed by atoms with Gasteiger partial charge in [-0.05, 0) is 17.7 Å². The second-order valence-electron chi connectivity index (χ2n) is 4.11. The lowest BCUT2D eigenvalue weighted by atomic mass is 10.1. The molecule has 0 amide bonds. The second kappa shape index (κ2) is 4.58. The predicted octanol–water partition coefficient (Wildman–Crippen LogP) is 2.04. The van der Waals surface area contributed by atoms with Crippen LogP contribution in [0.5, 0.6) is 0 Å². The highest BCUT2D eigenvalue weighted by Gasteiger charge is 2.29.